The standard InChI is InChI=1S/C15H13N3O2S/c1-10(2)8-20-12-5-3-11(4-6-12)14-13(7-19)18-15(17-14)21-9-16-18/h3-7,9H,1,8H2,2H3. The maximum Gasteiger partial charge on any atom is 0.213 e. The van der Waals surface area contributed by atoms with Gasteiger partial charge in [-0.15, -0.1) is 0 Å². The molecule has 0 atom stereocenters. The van der Waals surface area contributed by atoms with E-state index in [1.54, 1.807) is 10.0 Å². The summed E-state index contributed by atoms with van der Waals surface area (Å²) in [4.78, 5) is 16.4. The maximum absolute atomic E-state index is 11.3. The lowest BCUT2D eigenvalue weighted by molar-refractivity contribution is 0.111. The summed E-state index contributed by atoms with van der Waals surface area (Å²) in [5.74, 6) is 0.758. The zero-order valence-corrected chi connectivity index (χ0v) is 12.3. The lowest BCUT2D eigenvalue weighted by atomic mass is 10.1. The molecule has 3 aromatic rings. The van der Waals surface area contributed by atoms with Crippen LogP contribution < -0.4 is 4.74 Å². The Morgan fingerprint density at radius 2 is 2.19 bits per heavy atom. The summed E-state index contributed by atoms with van der Waals surface area (Å²) < 4.78 is 7.11. The topological polar surface area (TPSA) is 56.5 Å². The molecule has 0 N–H and O–H groups in total. The Kier molecular flexibility index (Phi) is 3.53. The minimum atomic E-state index is 0.460. The first-order chi connectivity index (χ1) is 10.2. The van der Waals surface area contributed by atoms with Crippen molar-refractivity contribution >= 4 is 22.6 Å². The van der Waals surface area contributed by atoms with Crippen molar-refractivity contribution in [3.05, 3.63) is 47.6 Å². The molecule has 0 amide bonds. The molecule has 0 unspecified atom stereocenters. The zero-order valence-electron chi connectivity index (χ0n) is 11.4. The predicted molar refractivity (Wildman–Crippen MR) is 82.0 cm³/mol. The molecule has 6 heteroatoms. The van der Waals surface area contributed by atoms with Gasteiger partial charge in [0.15, 0.2) is 6.29 Å². The number of ether oxygens (including phenoxy) is 1. The number of carbonyl (C=O) groups excluding carboxylic acids is 1. The monoisotopic (exact) mass is 299 g/mol. The van der Waals surface area contributed by atoms with E-state index in [9.17, 15) is 4.79 Å². The number of aldehydes is 1. The van der Waals surface area contributed by atoms with E-state index >= 15 is 0 Å². The largest absolute Gasteiger partial charge is 0.489 e. The maximum atomic E-state index is 11.3. The van der Waals surface area contributed by atoms with Crippen molar-refractivity contribution in [3.8, 4) is 17.0 Å². The second-order valence-electron chi connectivity index (χ2n) is 4.67. The molecule has 5 nitrogen and oxygen atoms in total. The second-order valence-corrected chi connectivity index (χ2v) is 5.48. The summed E-state index contributed by atoms with van der Waals surface area (Å²) in [7, 11) is 0. The van der Waals surface area contributed by atoms with Crippen LogP contribution in [0.15, 0.2) is 41.9 Å². The molecule has 0 radical (unpaired) electrons. The quantitative estimate of drug-likeness (QED) is 0.536. The fourth-order valence-electron chi connectivity index (χ4n) is 1.94. The van der Waals surface area contributed by atoms with Crippen molar-refractivity contribution in [1.29, 1.82) is 0 Å². The van der Waals surface area contributed by atoms with Crippen molar-refractivity contribution in [3.63, 3.8) is 0 Å². The fourth-order valence-corrected chi connectivity index (χ4v) is 2.57. The van der Waals surface area contributed by atoms with Crippen molar-refractivity contribution in [1.82, 2.24) is 14.6 Å². The number of hydrogen-bond acceptors (Lipinski definition) is 5. The first-order valence-corrected chi connectivity index (χ1v) is 7.22. The molecular weight excluding hydrogens is 286 g/mol. The second kappa shape index (κ2) is 5.49. The number of fused-ring (bicyclic) bond motifs is 1. The molecule has 21 heavy (non-hydrogen) atoms. The average molecular weight is 299 g/mol. The predicted octanol–water partition coefficient (Wildman–Crippen LogP) is 3.23. The number of imidazole rings is 1. The van der Waals surface area contributed by atoms with E-state index in [1.165, 1.54) is 11.3 Å². The van der Waals surface area contributed by atoms with Crippen molar-refractivity contribution in [2.45, 2.75) is 6.92 Å². The Hall–Kier alpha value is -2.47. The van der Waals surface area contributed by atoms with E-state index in [4.69, 9.17) is 4.74 Å². The molecule has 0 saturated heterocycles. The summed E-state index contributed by atoms with van der Waals surface area (Å²) in [6.07, 6.45) is 0.778. The van der Waals surface area contributed by atoms with Crippen LogP contribution in [-0.4, -0.2) is 27.5 Å². The van der Waals surface area contributed by atoms with Crippen LogP contribution in [-0.2, 0) is 0 Å². The number of carbonyl (C=O) groups is 1. The molecule has 1 aromatic carbocycles. The molecule has 0 bridgehead atoms. The van der Waals surface area contributed by atoms with Gasteiger partial charge >= 0.3 is 0 Å². The molecular formula is C15H13N3O2S. The van der Waals surface area contributed by atoms with Gasteiger partial charge in [-0.05, 0) is 36.8 Å². The van der Waals surface area contributed by atoms with E-state index < -0.39 is 0 Å². The highest BCUT2D eigenvalue weighted by Gasteiger charge is 2.15. The highest BCUT2D eigenvalue weighted by Crippen LogP contribution is 2.26. The van der Waals surface area contributed by atoms with Crippen LogP contribution in [0, 0.1) is 0 Å². The van der Waals surface area contributed by atoms with Gasteiger partial charge in [-0.2, -0.15) is 9.61 Å². The Bertz CT molecular complexity index is 802. The number of rotatable bonds is 5. The third kappa shape index (κ3) is 2.57. The molecule has 0 aliphatic heterocycles. The van der Waals surface area contributed by atoms with Gasteiger partial charge in [0.1, 0.15) is 29.3 Å². The van der Waals surface area contributed by atoms with E-state index in [1.807, 2.05) is 31.2 Å². The SMILES string of the molecule is C=C(C)COc1ccc(-c2nc3scnn3c2C=O)cc1. The molecule has 0 aliphatic carbocycles. The van der Waals surface area contributed by atoms with Crippen molar-refractivity contribution < 1.29 is 9.53 Å². The molecule has 0 aliphatic rings. The van der Waals surface area contributed by atoms with E-state index in [2.05, 4.69) is 16.7 Å². The molecule has 2 heterocycles. The number of aromatic nitrogens is 3. The van der Waals surface area contributed by atoms with Gasteiger partial charge in [-0.25, -0.2) is 4.98 Å². The van der Waals surface area contributed by atoms with Crippen LogP contribution in [0.5, 0.6) is 5.75 Å². The highest BCUT2D eigenvalue weighted by atomic mass is 32.1. The highest BCUT2D eigenvalue weighted by molar-refractivity contribution is 7.14. The van der Waals surface area contributed by atoms with Gasteiger partial charge in [0.05, 0.1) is 0 Å². The molecule has 0 saturated carbocycles. The van der Waals surface area contributed by atoms with Gasteiger partial charge in [0.25, 0.3) is 0 Å². The Labute approximate surface area is 125 Å². The first-order valence-electron chi connectivity index (χ1n) is 6.34. The third-order valence-corrected chi connectivity index (χ3v) is 3.58. The first kappa shape index (κ1) is 13.5. The minimum absolute atomic E-state index is 0.460. The molecule has 106 valence electrons. The Balaban J connectivity index is 1.93. The van der Waals surface area contributed by atoms with Crippen molar-refractivity contribution in [2.24, 2.45) is 0 Å². The Morgan fingerprint density at radius 3 is 2.86 bits per heavy atom. The average Bonchev–Trinajstić information content (AvgIpc) is 3.05. The van der Waals surface area contributed by atoms with Crippen LogP contribution >= 0.6 is 11.3 Å². The number of benzene rings is 1. The van der Waals surface area contributed by atoms with E-state index in [0.29, 0.717) is 23.0 Å². The van der Waals surface area contributed by atoms with Crippen LogP contribution in [0.2, 0.25) is 0 Å². The fraction of sp³-hybridized carbons (Fsp3) is 0.133. The lowest BCUT2D eigenvalue weighted by Crippen LogP contribution is -1.97. The lowest BCUT2D eigenvalue weighted by Gasteiger charge is -2.06. The van der Waals surface area contributed by atoms with E-state index in [0.717, 1.165) is 23.2 Å². The summed E-state index contributed by atoms with van der Waals surface area (Å²) in [6, 6.07) is 7.47. The molecule has 0 fully saturated rings. The minimum Gasteiger partial charge on any atom is -0.489 e. The molecule has 3 rings (SSSR count). The van der Waals surface area contributed by atoms with Crippen LogP contribution in [0.1, 0.15) is 17.4 Å². The summed E-state index contributed by atoms with van der Waals surface area (Å²) in [5.41, 5.74) is 4.58. The van der Waals surface area contributed by atoms with Gasteiger partial charge in [0.2, 0.25) is 4.96 Å². The van der Waals surface area contributed by atoms with Gasteiger partial charge in [0, 0.05) is 5.56 Å². The third-order valence-electron chi connectivity index (χ3n) is 2.90. The van der Waals surface area contributed by atoms with E-state index in [-0.39, 0.29) is 0 Å². The van der Waals surface area contributed by atoms with Crippen LogP contribution in [0.25, 0.3) is 16.2 Å². The zero-order chi connectivity index (χ0) is 14.8. The van der Waals surface area contributed by atoms with Crippen molar-refractivity contribution in [2.75, 3.05) is 6.61 Å². The van der Waals surface area contributed by atoms with Gasteiger partial charge in [-0.3, -0.25) is 4.79 Å². The summed E-state index contributed by atoms with van der Waals surface area (Å²) >= 11 is 1.39. The molecule has 2 aromatic heterocycles. The summed E-state index contributed by atoms with van der Waals surface area (Å²) in [5, 5.41) is 4.11. The van der Waals surface area contributed by atoms with Gasteiger partial charge < -0.3 is 4.74 Å². The summed E-state index contributed by atoms with van der Waals surface area (Å²) in [6.45, 7) is 6.20. The van der Waals surface area contributed by atoms with Crippen LogP contribution in [0.4, 0.5) is 0 Å². The Morgan fingerprint density at radius 1 is 1.43 bits per heavy atom. The number of nitrogens with zero attached hydrogens (tertiary/aromatic N) is 3. The van der Waals surface area contributed by atoms with Gasteiger partial charge in [-0.1, -0.05) is 17.9 Å². The normalized spacial score (nSPS) is 10.7. The number of hydrogen-bond donors (Lipinski definition) is 0. The molecule has 0 spiro atoms. The smallest absolute Gasteiger partial charge is 0.213 e. The van der Waals surface area contributed by atoms with Crippen LogP contribution in [0.3, 0.4) is 0 Å².